The van der Waals surface area contributed by atoms with E-state index in [0.29, 0.717) is 6.04 Å². The number of rotatable bonds is 4. The molecule has 0 aliphatic carbocycles. The molecule has 0 rings (SSSR count). The number of nitrogens with zero attached hydrogens (tertiary/aromatic N) is 1. The van der Waals surface area contributed by atoms with Crippen molar-refractivity contribution in [1.82, 2.24) is 0 Å². The molecule has 0 aliphatic heterocycles. The zero-order valence-corrected chi connectivity index (χ0v) is 8.11. The average Bonchev–Trinajstić information content (AvgIpc) is 1.79. The van der Waals surface area contributed by atoms with Crippen LogP contribution in [0.3, 0.4) is 0 Å². The fourth-order valence-corrected chi connectivity index (χ4v) is 1.20. The van der Waals surface area contributed by atoms with Gasteiger partial charge in [-0.15, -0.1) is 11.8 Å². The minimum atomic E-state index is 0.444. The van der Waals surface area contributed by atoms with Crippen molar-refractivity contribution in [3.63, 3.8) is 0 Å². The van der Waals surface area contributed by atoms with Gasteiger partial charge in [-0.3, -0.25) is 4.99 Å². The fraction of sp³-hybridized carbons (Fsp3) is 0.875. The normalized spacial score (nSPS) is 12.2. The molecule has 0 bridgehead atoms. The maximum Gasteiger partial charge on any atom is 0.0544 e. The highest BCUT2D eigenvalue weighted by molar-refractivity contribution is 8.12. The number of aliphatic imine (C=N–C) groups is 1. The summed E-state index contributed by atoms with van der Waals surface area (Å²) in [5.74, 6) is 1.94. The molecule has 0 saturated heterocycles. The number of hydrogen-bond acceptors (Lipinski definition) is 2. The summed E-state index contributed by atoms with van der Waals surface area (Å²) in [5, 5.41) is 0. The quantitative estimate of drug-likeness (QED) is 0.454. The Morgan fingerprint density at radius 2 is 1.90 bits per heavy atom. The summed E-state index contributed by atoms with van der Waals surface area (Å²) in [5.41, 5.74) is 1.96. The van der Waals surface area contributed by atoms with Gasteiger partial charge in [0.15, 0.2) is 0 Å². The van der Waals surface area contributed by atoms with E-state index in [9.17, 15) is 0 Å². The topological polar surface area (TPSA) is 12.4 Å². The van der Waals surface area contributed by atoms with Crippen LogP contribution in [0.1, 0.15) is 27.7 Å². The molecule has 2 heteroatoms. The minimum Gasteiger partial charge on any atom is -0.284 e. The summed E-state index contributed by atoms with van der Waals surface area (Å²) in [4.78, 5) is 4.23. The molecule has 0 unspecified atom stereocenters. The highest BCUT2D eigenvalue weighted by atomic mass is 32.2. The van der Waals surface area contributed by atoms with Gasteiger partial charge in [-0.2, -0.15) is 0 Å². The second-order valence-electron chi connectivity index (χ2n) is 3.08. The first-order valence-corrected chi connectivity index (χ1v) is 4.81. The molecular formula is C8H17NS. The lowest BCUT2D eigenvalue weighted by atomic mass is 10.3. The van der Waals surface area contributed by atoms with Gasteiger partial charge >= 0.3 is 0 Å². The molecule has 0 amide bonds. The zero-order valence-electron chi connectivity index (χ0n) is 7.29. The predicted octanol–water partition coefficient (Wildman–Crippen LogP) is 2.81. The van der Waals surface area contributed by atoms with E-state index < -0.39 is 0 Å². The van der Waals surface area contributed by atoms with Crippen molar-refractivity contribution in [1.29, 1.82) is 0 Å². The molecule has 0 spiro atoms. The molecule has 1 nitrogen and oxygen atoms in total. The second-order valence-corrected chi connectivity index (χ2v) is 3.95. The molecule has 0 aliphatic rings. The first kappa shape index (κ1) is 10.0. The summed E-state index contributed by atoms with van der Waals surface area (Å²) in [6.07, 6.45) is 0. The molecule has 0 N–H and O–H groups in total. The van der Waals surface area contributed by atoms with E-state index in [2.05, 4.69) is 32.7 Å². The number of thioether (sulfide) groups is 1. The van der Waals surface area contributed by atoms with Gasteiger partial charge in [-0.25, -0.2) is 0 Å². The van der Waals surface area contributed by atoms with Gasteiger partial charge in [0.05, 0.1) is 5.55 Å². The Hall–Kier alpha value is 0.0200. The van der Waals surface area contributed by atoms with Crippen LogP contribution in [0, 0.1) is 5.92 Å². The molecular weight excluding hydrogens is 142 g/mol. The van der Waals surface area contributed by atoms with Gasteiger partial charge in [-0.05, 0) is 19.8 Å². The smallest absolute Gasteiger partial charge is 0.0544 e. The first-order chi connectivity index (χ1) is 4.63. The molecule has 0 aromatic heterocycles. The SMILES string of the molecule is CC(C)CSC=NC(C)C. The van der Waals surface area contributed by atoms with E-state index in [-0.39, 0.29) is 0 Å². The monoisotopic (exact) mass is 159 g/mol. The summed E-state index contributed by atoms with van der Waals surface area (Å²) < 4.78 is 0. The van der Waals surface area contributed by atoms with E-state index in [1.807, 2.05) is 5.55 Å². The predicted molar refractivity (Wildman–Crippen MR) is 50.9 cm³/mol. The number of hydrogen-bond donors (Lipinski definition) is 0. The third-order valence-corrected chi connectivity index (χ3v) is 1.99. The van der Waals surface area contributed by atoms with E-state index in [4.69, 9.17) is 0 Å². The molecule has 0 atom stereocenters. The van der Waals surface area contributed by atoms with Crippen LogP contribution in [0.5, 0.6) is 0 Å². The Morgan fingerprint density at radius 1 is 1.30 bits per heavy atom. The Balaban J connectivity index is 3.19. The van der Waals surface area contributed by atoms with Crippen molar-refractivity contribution in [2.24, 2.45) is 10.9 Å². The highest BCUT2D eigenvalue weighted by Crippen LogP contribution is 2.04. The molecule has 0 heterocycles. The van der Waals surface area contributed by atoms with Gasteiger partial charge in [0.25, 0.3) is 0 Å². The van der Waals surface area contributed by atoms with Gasteiger partial charge in [0.2, 0.25) is 0 Å². The third-order valence-electron chi connectivity index (χ3n) is 0.863. The largest absolute Gasteiger partial charge is 0.284 e. The Labute approximate surface area is 68.3 Å². The summed E-state index contributed by atoms with van der Waals surface area (Å²) in [6.45, 7) is 8.62. The fourth-order valence-electron chi connectivity index (χ4n) is 0.400. The maximum absolute atomic E-state index is 4.23. The van der Waals surface area contributed by atoms with E-state index >= 15 is 0 Å². The Morgan fingerprint density at radius 3 is 2.30 bits per heavy atom. The Kier molecular flexibility index (Phi) is 5.79. The van der Waals surface area contributed by atoms with Gasteiger partial charge in [0.1, 0.15) is 0 Å². The Bertz CT molecular complexity index is 97.4. The summed E-state index contributed by atoms with van der Waals surface area (Å²) in [7, 11) is 0. The van der Waals surface area contributed by atoms with E-state index in [0.717, 1.165) is 5.92 Å². The van der Waals surface area contributed by atoms with Crippen LogP contribution in [0.15, 0.2) is 4.99 Å². The van der Waals surface area contributed by atoms with Gasteiger partial charge in [0, 0.05) is 11.8 Å². The van der Waals surface area contributed by atoms with Crippen LogP contribution >= 0.6 is 11.8 Å². The average molecular weight is 159 g/mol. The lowest BCUT2D eigenvalue weighted by molar-refractivity contribution is 0.752. The van der Waals surface area contributed by atoms with Crippen LogP contribution in [0.25, 0.3) is 0 Å². The molecule has 10 heavy (non-hydrogen) atoms. The molecule has 0 saturated carbocycles. The van der Waals surface area contributed by atoms with Crippen molar-refractivity contribution >= 4 is 17.3 Å². The van der Waals surface area contributed by atoms with Crippen LogP contribution < -0.4 is 0 Å². The molecule has 60 valence electrons. The van der Waals surface area contributed by atoms with Crippen molar-refractivity contribution < 1.29 is 0 Å². The first-order valence-electron chi connectivity index (χ1n) is 3.76. The van der Waals surface area contributed by atoms with E-state index in [1.165, 1.54) is 5.75 Å². The summed E-state index contributed by atoms with van der Waals surface area (Å²) in [6, 6.07) is 0.444. The van der Waals surface area contributed by atoms with Crippen molar-refractivity contribution in [3.05, 3.63) is 0 Å². The van der Waals surface area contributed by atoms with Crippen LogP contribution in [0.4, 0.5) is 0 Å². The van der Waals surface area contributed by atoms with Gasteiger partial charge in [-0.1, -0.05) is 13.8 Å². The second kappa shape index (κ2) is 5.78. The third kappa shape index (κ3) is 8.02. The lowest BCUT2D eigenvalue weighted by Gasteiger charge is -1.99. The zero-order chi connectivity index (χ0) is 7.98. The molecule has 0 aromatic rings. The standard InChI is InChI=1S/C8H17NS/c1-7(2)5-10-6-9-8(3)4/h6-8H,5H2,1-4H3. The van der Waals surface area contributed by atoms with Crippen molar-refractivity contribution in [2.45, 2.75) is 33.7 Å². The lowest BCUT2D eigenvalue weighted by Crippen LogP contribution is -1.91. The van der Waals surface area contributed by atoms with Crippen LogP contribution in [0.2, 0.25) is 0 Å². The molecule has 0 fully saturated rings. The van der Waals surface area contributed by atoms with E-state index in [1.54, 1.807) is 11.8 Å². The van der Waals surface area contributed by atoms with Gasteiger partial charge < -0.3 is 0 Å². The summed E-state index contributed by atoms with van der Waals surface area (Å²) >= 11 is 1.80. The molecule has 0 radical (unpaired) electrons. The highest BCUT2D eigenvalue weighted by Gasteiger charge is 1.90. The maximum atomic E-state index is 4.23. The van der Waals surface area contributed by atoms with Crippen LogP contribution in [-0.2, 0) is 0 Å². The minimum absolute atomic E-state index is 0.444. The molecule has 0 aromatic carbocycles. The van der Waals surface area contributed by atoms with Crippen molar-refractivity contribution in [2.75, 3.05) is 5.75 Å². The van der Waals surface area contributed by atoms with Crippen LogP contribution in [-0.4, -0.2) is 17.3 Å². The van der Waals surface area contributed by atoms with Crippen molar-refractivity contribution in [3.8, 4) is 0 Å².